The molecule has 0 aliphatic heterocycles. The molecule has 102 valence electrons. The second-order valence-electron chi connectivity index (χ2n) is 4.31. The molecule has 2 aromatic rings. The Labute approximate surface area is 118 Å². The van der Waals surface area contributed by atoms with Crippen molar-refractivity contribution in [2.75, 3.05) is 6.61 Å². The molecule has 0 aliphatic rings. The van der Waals surface area contributed by atoms with E-state index in [1.807, 2.05) is 0 Å². The zero-order valence-corrected chi connectivity index (χ0v) is 12.5. The van der Waals surface area contributed by atoms with Crippen LogP contribution in [0.4, 0.5) is 0 Å². The Morgan fingerprint density at radius 2 is 2.32 bits per heavy atom. The van der Waals surface area contributed by atoms with Crippen LogP contribution >= 0.6 is 11.3 Å². The molecular weight excluding hydrogens is 284 g/mol. The molecule has 2 aromatic heterocycles. The van der Waals surface area contributed by atoms with E-state index < -0.39 is 21.9 Å². The number of hydrogen-bond donors (Lipinski definition) is 0. The fourth-order valence-electron chi connectivity index (χ4n) is 1.43. The summed E-state index contributed by atoms with van der Waals surface area (Å²) in [6, 6.07) is 3.57. The highest BCUT2D eigenvalue weighted by atomic mass is 32.2. The van der Waals surface area contributed by atoms with Gasteiger partial charge in [-0.05, 0) is 44.2 Å². The quantitative estimate of drug-likeness (QED) is 0.638. The van der Waals surface area contributed by atoms with Gasteiger partial charge in [-0.3, -0.25) is 0 Å². The molecule has 0 radical (unpaired) electrons. The number of thiazole rings is 1. The molecule has 2 rings (SSSR count). The molecule has 0 aromatic carbocycles. The van der Waals surface area contributed by atoms with Crippen LogP contribution in [0.15, 0.2) is 22.7 Å². The number of hydrogen-bond acceptors (Lipinski definition) is 6. The van der Waals surface area contributed by atoms with Crippen molar-refractivity contribution in [3.05, 3.63) is 18.3 Å². The average Bonchev–Trinajstić information content (AvgIpc) is 2.81. The Hall–Kier alpha value is -1.18. The minimum absolute atomic E-state index is 0.265. The van der Waals surface area contributed by atoms with Gasteiger partial charge in [-0.1, -0.05) is 0 Å². The summed E-state index contributed by atoms with van der Waals surface area (Å²) in [6.45, 7) is 5.18. The van der Waals surface area contributed by atoms with Crippen LogP contribution in [0.2, 0.25) is 0 Å². The van der Waals surface area contributed by atoms with E-state index in [2.05, 4.69) is 9.97 Å². The number of aromatic nitrogens is 2. The maximum absolute atomic E-state index is 12.5. The SMILES string of the molecule is CCOC(=O)C(C)(C)[S+]([O-])c1nc2cccnc2s1. The number of carbonyl (C=O) groups is 1. The van der Waals surface area contributed by atoms with E-state index >= 15 is 0 Å². The first-order chi connectivity index (χ1) is 8.96. The number of carbonyl (C=O) groups excluding carboxylic acids is 1. The monoisotopic (exact) mass is 298 g/mol. The highest BCUT2D eigenvalue weighted by Gasteiger charge is 2.45. The third-order valence-electron chi connectivity index (χ3n) is 2.54. The molecule has 0 spiro atoms. The van der Waals surface area contributed by atoms with Crippen LogP contribution in [0.25, 0.3) is 10.3 Å². The predicted octanol–water partition coefficient (Wildman–Crippen LogP) is 2.14. The maximum Gasteiger partial charge on any atom is 0.362 e. The van der Waals surface area contributed by atoms with Crippen molar-refractivity contribution in [2.45, 2.75) is 29.9 Å². The first-order valence-electron chi connectivity index (χ1n) is 5.77. The van der Waals surface area contributed by atoms with Gasteiger partial charge in [0.15, 0.2) is 0 Å². The van der Waals surface area contributed by atoms with Crippen LogP contribution < -0.4 is 0 Å². The summed E-state index contributed by atoms with van der Waals surface area (Å²) < 4.78 is 16.7. The topological polar surface area (TPSA) is 75.1 Å². The Morgan fingerprint density at radius 1 is 1.58 bits per heavy atom. The van der Waals surface area contributed by atoms with Gasteiger partial charge in [-0.15, -0.1) is 0 Å². The molecule has 5 nitrogen and oxygen atoms in total. The van der Waals surface area contributed by atoms with Crippen molar-refractivity contribution < 1.29 is 14.1 Å². The highest BCUT2D eigenvalue weighted by molar-refractivity contribution is 7.95. The Balaban J connectivity index is 2.32. The molecule has 2 heterocycles. The molecule has 0 N–H and O–H groups in total. The van der Waals surface area contributed by atoms with E-state index in [0.29, 0.717) is 14.7 Å². The van der Waals surface area contributed by atoms with Gasteiger partial charge in [0.1, 0.15) is 10.3 Å². The number of ether oxygens (including phenoxy) is 1. The molecule has 0 aliphatic carbocycles. The molecule has 0 amide bonds. The van der Waals surface area contributed by atoms with Gasteiger partial charge in [0.25, 0.3) is 0 Å². The van der Waals surface area contributed by atoms with E-state index in [1.165, 1.54) is 11.3 Å². The molecule has 19 heavy (non-hydrogen) atoms. The second kappa shape index (κ2) is 5.44. The lowest BCUT2D eigenvalue weighted by atomic mass is 10.2. The second-order valence-corrected chi connectivity index (χ2v) is 7.49. The van der Waals surface area contributed by atoms with Gasteiger partial charge in [-0.25, -0.2) is 9.78 Å². The molecule has 0 saturated heterocycles. The van der Waals surface area contributed by atoms with Crippen molar-refractivity contribution in [3.63, 3.8) is 0 Å². The van der Waals surface area contributed by atoms with Crippen molar-refractivity contribution in [1.82, 2.24) is 9.97 Å². The van der Waals surface area contributed by atoms with Crippen molar-refractivity contribution in [1.29, 1.82) is 0 Å². The van der Waals surface area contributed by atoms with Gasteiger partial charge in [0.2, 0.25) is 4.75 Å². The van der Waals surface area contributed by atoms with Gasteiger partial charge in [0, 0.05) is 17.4 Å². The first-order valence-corrected chi connectivity index (χ1v) is 7.74. The maximum atomic E-state index is 12.5. The van der Waals surface area contributed by atoms with E-state index in [4.69, 9.17) is 4.74 Å². The summed E-state index contributed by atoms with van der Waals surface area (Å²) in [5.74, 6) is -0.486. The summed E-state index contributed by atoms with van der Waals surface area (Å²) >= 11 is -0.328. The third kappa shape index (κ3) is 2.72. The van der Waals surface area contributed by atoms with Crippen LogP contribution in [0, 0.1) is 0 Å². The molecule has 0 fully saturated rings. The van der Waals surface area contributed by atoms with E-state index in [0.717, 1.165) is 0 Å². The first kappa shape index (κ1) is 14.2. The molecule has 1 atom stereocenters. The number of nitrogens with zero attached hydrogens (tertiary/aromatic N) is 2. The van der Waals surface area contributed by atoms with Crippen LogP contribution in [-0.4, -0.2) is 31.8 Å². The summed E-state index contributed by atoms with van der Waals surface area (Å²) in [7, 11) is 0. The fraction of sp³-hybridized carbons (Fsp3) is 0.417. The molecule has 1 unspecified atom stereocenters. The highest BCUT2D eigenvalue weighted by Crippen LogP contribution is 2.31. The Morgan fingerprint density at radius 3 is 2.95 bits per heavy atom. The zero-order valence-electron chi connectivity index (χ0n) is 10.9. The molecular formula is C12H14N2O3S2. The van der Waals surface area contributed by atoms with Gasteiger partial charge in [-0.2, -0.15) is 4.98 Å². The smallest absolute Gasteiger partial charge is 0.362 e. The van der Waals surface area contributed by atoms with Gasteiger partial charge >= 0.3 is 10.3 Å². The number of esters is 1. The lowest BCUT2D eigenvalue weighted by Gasteiger charge is -2.23. The van der Waals surface area contributed by atoms with Crippen molar-refractivity contribution in [2.24, 2.45) is 0 Å². The summed E-state index contributed by atoms with van der Waals surface area (Å²) in [5, 5.41) is 0. The third-order valence-corrected chi connectivity index (χ3v) is 5.52. The standard InChI is InChI=1S/C12H14N2O3S2/c1-4-17-10(15)12(2,3)19(16)11-14-8-6-5-7-13-9(8)18-11/h5-7H,4H2,1-3H3. The van der Waals surface area contributed by atoms with Crippen molar-refractivity contribution in [3.8, 4) is 0 Å². The lowest BCUT2D eigenvalue weighted by molar-refractivity contribution is -0.145. The Kier molecular flexibility index (Phi) is 4.07. The zero-order chi connectivity index (χ0) is 14.0. The number of pyridine rings is 1. The molecule has 0 saturated carbocycles. The van der Waals surface area contributed by atoms with E-state index in [9.17, 15) is 9.35 Å². The van der Waals surface area contributed by atoms with Crippen LogP contribution in [-0.2, 0) is 20.7 Å². The van der Waals surface area contributed by atoms with E-state index in [-0.39, 0.29) is 6.61 Å². The van der Waals surface area contributed by atoms with Gasteiger partial charge in [0.05, 0.1) is 6.61 Å². The minimum Gasteiger partial charge on any atom is -0.609 e. The largest absolute Gasteiger partial charge is 0.609 e. The van der Waals surface area contributed by atoms with Crippen LogP contribution in [0.3, 0.4) is 0 Å². The average molecular weight is 298 g/mol. The fourth-order valence-corrected chi connectivity index (χ4v) is 4.06. The lowest BCUT2D eigenvalue weighted by Crippen LogP contribution is -2.42. The number of fused-ring (bicyclic) bond motifs is 1. The van der Waals surface area contributed by atoms with Gasteiger partial charge < -0.3 is 9.29 Å². The van der Waals surface area contributed by atoms with Crippen molar-refractivity contribution >= 4 is 38.8 Å². The molecule has 0 bridgehead atoms. The summed E-state index contributed by atoms with van der Waals surface area (Å²) in [5.41, 5.74) is 0.690. The Bertz CT molecular complexity index is 564. The van der Waals surface area contributed by atoms with Crippen LogP contribution in [0.5, 0.6) is 0 Å². The van der Waals surface area contributed by atoms with E-state index in [1.54, 1.807) is 39.1 Å². The predicted molar refractivity (Wildman–Crippen MR) is 74.5 cm³/mol. The summed E-state index contributed by atoms with van der Waals surface area (Å²) in [6.07, 6.45) is 1.66. The van der Waals surface area contributed by atoms with Crippen LogP contribution in [0.1, 0.15) is 20.8 Å². The summed E-state index contributed by atoms with van der Waals surface area (Å²) in [4.78, 5) is 21.0. The normalized spacial score (nSPS) is 13.5. The molecule has 7 heteroatoms. The number of rotatable bonds is 4. The minimum atomic E-state index is -1.57.